The first-order valence-electron chi connectivity index (χ1n) is 9.68. The number of fused-ring (bicyclic) bond motifs is 1. The van der Waals surface area contributed by atoms with Crippen LogP contribution in [0.15, 0.2) is 60.8 Å². The van der Waals surface area contributed by atoms with E-state index in [0.29, 0.717) is 6.42 Å². The summed E-state index contributed by atoms with van der Waals surface area (Å²) >= 11 is 0. The molecule has 2 aromatic carbocycles. The second kappa shape index (κ2) is 10.2. The molecule has 7 heteroatoms. The van der Waals surface area contributed by atoms with Gasteiger partial charge in [0.2, 0.25) is 0 Å². The summed E-state index contributed by atoms with van der Waals surface area (Å²) in [6.45, 7) is -0.449. The standard InChI is InChI=1S/C23H24N2O5/c1-29-23(28)20(13-16-7-3-2-4-8-16)25-21(26)15-30-22(27)12-11-17-14-24-19-10-6-5-9-18(17)19/h2-10,14,20,24H,11-13,15H2,1H3,(H,25,26)/t20-/m1/s1. The molecule has 0 fully saturated rings. The van der Waals surface area contributed by atoms with Crippen molar-refractivity contribution in [1.29, 1.82) is 0 Å². The van der Waals surface area contributed by atoms with Crippen LogP contribution in [0, 0.1) is 0 Å². The van der Waals surface area contributed by atoms with E-state index in [4.69, 9.17) is 9.47 Å². The zero-order valence-electron chi connectivity index (χ0n) is 16.7. The maximum atomic E-state index is 12.2. The molecule has 0 saturated heterocycles. The molecular weight excluding hydrogens is 384 g/mol. The molecule has 1 aromatic heterocycles. The number of aromatic amines is 1. The lowest BCUT2D eigenvalue weighted by Crippen LogP contribution is -2.44. The maximum Gasteiger partial charge on any atom is 0.328 e. The van der Waals surface area contributed by atoms with Gasteiger partial charge < -0.3 is 19.8 Å². The predicted octanol–water partition coefficient (Wildman–Crippen LogP) is 2.54. The van der Waals surface area contributed by atoms with Gasteiger partial charge in [-0.3, -0.25) is 9.59 Å². The first kappa shape index (κ1) is 21.1. The normalized spacial score (nSPS) is 11.6. The van der Waals surface area contributed by atoms with E-state index in [1.54, 1.807) is 0 Å². The Morgan fingerprint density at radius 1 is 1.03 bits per heavy atom. The fourth-order valence-electron chi connectivity index (χ4n) is 3.21. The lowest BCUT2D eigenvalue weighted by atomic mass is 10.1. The maximum absolute atomic E-state index is 12.2. The molecule has 0 radical (unpaired) electrons. The van der Waals surface area contributed by atoms with Crippen LogP contribution in [-0.2, 0) is 36.7 Å². The summed E-state index contributed by atoms with van der Waals surface area (Å²) in [6, 6.07) is 16.3. The number of aryl methyl sites for hydroxylation is 1. The van der Waals surface area contributed by atoms with Gasteiger partial charge >= 0.3 is 11.9 Å². The number of ether oxygens (including phenoxy) is 2. The number of carbonyl (C=O) groups is 3. The zero-order valence-corrected chi connectivity index (χ0v) is 16.7. The van der Waals surface area contributed by atoms with Crippen LogP contribution < -0.4 is 5.32 Å². The molecule has 7 nitrogen and oxygen atoms in total. The molecule has 0 bridgehead atoms. The summed E-state index contributed by atoms with van der Waals surface area (Å²) < 4.78 is 9.83. The first-order chi connectivity index (χ1) is 14.6. The number of amides is 1. The molecule has 0 unspecified atom stereocenters. The number of aromatic nitrogens is 1. The van der Waals surface area contributed by atoms with Crippen LogP contribution in [0.4, 0.5) is 0 Å². The molecule has 3 aromatic rings. The molecule has 0 aliphatic heterocycles. The number of carbonyl (C=O) groups excluding carboxylic acids is 3. The molecule has 0 saturated carbocycles. The highest BCUT2D eigenvalue weighted by molar-refractivity contribution is 5.87. The van der Waals surface area contributed by atoms with E-state index in [1.165, 1.54) is 7.11 Å². The summed E-state index contributed by atoms with van der Waals surface area (Å²) in [5, 5.41) is 3.63. The molecule has 1 amide bonds. The number of benzene rings is 2. The highest BCUT2D eigenvalue weighted by Crippen LogP contribution is 2.19. The highest BCUT2D eigenvalue weighted by Gasteiger charge is 2.22. The fourth-order valence-corrected chi connectivity index (χ4v) is 3.21. The third-order valence-electron chi connectivity index (χ3n) is 4.74. The number of para-hydroxylation sites is 1. The van der Waals surface area contributed by atoms with Gasteiger partial charge in [-0.05, 0) is 23.6 Å². The van der Waals surface area contributed by atoms with E-state index >= 15 is 0 Å². The zero-order chi connectivity index (χ0) is 21.3. The number of nitrogens with one attached hydrogen (secondary N) is 2. The molecule has 0 aliphatic rings. The first-order valence-corrected chi connectivity index (χ1v) is 9.68. The predicted molar refractivity (Wildman–Crippen MR) is 112 cm³/mol. The van der Waals surface area contributed by atoms with Gasteiger partial charge in [-0.2, -0.15) is 0 Å². The molecule has 156 valence electrons. The minimum absolute atomic E-state index is 0.152. The Balaban J connectivity index is 1.47. The Kier molecular flexibility index (Phi) is 7.21. The highest BCUT2D eigenvalue weighted by atomic mass is 16.5. The SMILES string of the molecule is COC(=O)[C@@H](Cc1ccccc1)NC(=O)COC(=O)CCc1c[nH]c2ccccc12. The van der Waals surface area contributed by atoms with Crippen LogP contribution in [-0.4, -0.2) is 42.6 Å². The average molecular weight is 408 g/mol. The quantitative estimate of drug-likeness (QED) is 0.531. The summed E-state index contributed by atoms with van der Waals surface area (Å²) in [4.78, 5) is 39.4. The second-order valence-electron chi connectivity index (χ2n) is 6.85. The second-order valence-corrected chi connectivity index (χ2v) is 6.85. The van der Waals surface area contributed by atoms with E-state index in [0.717, 1.165) is 22.0 Å². The van der Waals surface area contributed by atoms with Crippen molar-refractivity contribution < 1.29 is 23.9 Å². The monoisotopic (exact) mass is 408 g/mol. The summed E-state index contributed by atoms with van der Waals surface area (Å²) in [6.07, 6.45) is 2.81. The van der Waals surface area contributed by atoms with E-state index < -0.39 is 30.5 Å². The van der Waals surface area contributed by atoms with Crippen molar-refractivity contribution in [2.75, 3.05) is 13.7 Å². The van der Waals surface area contributed by atoms with Crippen LogP contribution in [0.3, 0.4) is 0 Å². The largest absolute Gasteiger partial charge is 0.467 e. The third kappa shape index (κ3) is 5.70. The number of H-pyrrole nitrogens is 1. The van der Waals surface area contributed by atoms with Gasteiger partial charge in [0, 0.05) is 29.9 Å². The van der Waals surface area contributed by atoms with E-state index in [2.05, 4.69) is 10.3 Å². The van der Waals surface area contributed by atoms with E-state index in [1.807, 2.05) is 60.8 Å². The van der Waals surface area contributed by atoms with Crippen LogP contribution in [0.25, 0.3) is 10.9 Å². The number of hydrogen-bond acceptors (Lipinski definition) is 5. The van der Waals surface area contributed by atoms with Gasteiger partial charge in [-0.15, -0.1) is 0 Å². The summed E-state index contributed by atoms with van der Waals surface area (Å²) in [7, 11) is 1.26. The average Bonchev–Trinajstić information content (AvgIpc) is 3.19. The van der Waals surface area contributed by atoms with Crippen LogP contribution in [0.1, 0.15) is 17.5 Å². The van der Waals surface area contributed by atoms with E-state index in [9.17, 15) is 14.4 Å². The Morgan fingerprint density at radius 3 is 2.53 bits per heavy atom. The van der Waals surface area contributed by atoms with Gasteiger partial charge in [-0.1, -0.05) is 48.5 Å². The van der Waals surface area contributed by atoms with Crippen LogP contribution in [0.2, 0.25) is 0 Å². The molecule has 30 heavy (non-hydrogen) atoms. The Bertz CT molecular complexity index is 1010. The lowest BCUT2D eigenvalue weighted by molar-refractivity contribution is -0.150. The Labute approximate surface area is 174 Å². The van der Waals surface area contributed by atoms with Gasteiger partial charge in [0.1, 0.15) is 6.04 Å². The molecular formula is C23H24N2O5. The number of hydrogen-bond donors (Lipinski definition) is 2. The van der Waals surface area contributed by atoms with Crippen molar-refractivity contribution >= 4 is 28.7 Å². The van der Waals surface area contributed by atoms with Crippen molar-refractivity contribution in [3.8, 4) is 0 Å². The molecule has 1 heterocycles. The van der Waals surface area contributed by atoms with Gasteiger partial charge in [0.15, 0.2) is 6.61 Å². The number of rotatable bonds is 9. The van der Waals surface area contributed by atoms with Crippen molar-refractivity contribution in [2.45, 2.75) is 25.3 Å². The minimum Gasteiger partial charge on any atom is -0.467 e. The van der Waals surface area contributed by atoms with Gasteiger partial charge in [0.05, 0.1) is 7.11 Å². The van der Waals surface area contributed by atoms with Crippen LogP contribution >= 0.6 is 0 Å². The topological polar surface area (TPSA) is 97.5 Å². The smallest absolute Gasteiger partial charge is 0.328 e. The Hall–Kier alpha value is -3.61. The summed E-state index contributed by atoms with van der Waals surface area (Å²) in [5.41, 5.74) is 2.90. The fraction of sp³-hybridized carbons (Fsp3) is 0.261. The number of esters is 2. The molecule has 1 atom stereocenters. The van der Waals surface area contributed by atoms with Crippen LogP contribution in [0.5, 0.6) is 0 Å². The van der Waals surface area contributed by atoms with Gasteiger partial charge in [0.25, 0.3) is 5.91 Å². The third-order valence-corrected chi connectivity index (χ3v) is 4.74. The molecule has 3 rings (SSSR count). The van der Waals surface area contributed by atoms with E-state index in [-0.39, 0.29) is 12.8 Å². The van der Waals surface area contributed by atoms with Crippen molar-refractivity contribution in [3.05, 3.63) is 71.9 Å². The molecule has 2 N–H and O–H groups in total. The van der Waals surface area contributed by atoms with Crippen molar-refractivity contribution in [3.63, 3.8) is 0 Å². The van der Waals surface area contributed by atoms with Crippen molar-refractivity contribution in [2.24, 2.45) is 0 Å². The summed E-state index contributed by atoms with van der Waals surface area (Å²) in [5.74, 6) is -1.59. The van der Waals surface area contributed by atoms with Crippen molar-refractivity contribution in [1.82, 2.24) is 10.3 Å². The molecule has 0 aliphatic carbocycles. The number of methoxy groups -OCH3 is 1. The minimum atomic E-state index is -0.852. The Morgan fingerprint density at radius 2 is 1.77 bits per heavy atom. The van der Waals surface area contributed by atoms with Gasteiger partial charge in [-0.25, -0.2) is 4.79 Å². The lowest BCUT2D eigenvalue weighted by Gasteiger charge is -2.16. The molecule has 0 spiro atoms.